The van der Waals surface area contributed by atoms with Gasteiger partial charge in [-0.2, -0.15) is 0 Å². The summed E-state index contributed by atoms with van der Waals surface area (Å²) in [5, 5.41) is 10.3. The van der Waals surface area contributed by atoms with Crippen LogP contribution in [0.2, 0.25) is 0 Å². The molecule has 1 aromatic carbocycles. The predicted molar refractivity (Wildman–Crippen MR) is 69.6 cm³/mol. The Morgan fingerprint density at radius 3 is 2.65 bits per heavy atom. The summed E-state index contributed by atoms with van der Waals surface area (Å²) >= 11 is 0. The van der Waals surface area contributed by atoms with Crippen molar-refractivity contribution in [1.29, 1.82) is 0 Å². The van der Waals surface area contributed by atoms with Crippen molar-refractivity contribution >= 4 is 0 Å². The molecule has 1 atom stereocenters. The molecule has 0 saturated carbocycles. The van der Waals surface area contributed by atoms with Crippen LogP contribution in [0.15, 0.2) is 18.2 Å². The van der Waals surface area contributed by atoms with Crippen molar-refractivity contribution in [2.75, 3.05) is 0 Å². The first-order valence-electron chi connectivity index (χ1n) is 6.42. The van der Waals surface area contributed by atoms with Crippen molar-refractivity contribution in [1.82, 2.24) is 0 Å². The molecule has 1 unspecified atom stereocenters. The highest BCUT2D eigenvalue weighted by molar-refractivity contribution is 5.27. The zero-order valence-corrected chi connectivity index (χ0v) is 11.1. The van der Waals surface area contributed by atoms with Gasteiger partial charge in [-0.3, -0.25) is 0 Å². The topological polar surface area (TPSA) is 20.2 Å². The van der Waals surface area contributed by atoms with E-state index in [0.717, 1.165) is 36.8 Å². The molecule has 0 aliphatic heterocycles. The van der Waals surface area contributed by atoms with Gasteiger partial charge >= 0.3 is 0 Å². The van der Waals surface area contributed by atoms with Gasteiger partial charge in [0.2, 0.25) is 0 Å². The molecule has 1 N–H and O–H groups in total. The Hall–Kier alpha value is -0.890. The Balaban J connectivity index is 2.65. The number of unbranched alkanes of at least 4 members (excludes halogenated alkanes) is 2. The molecule has 96 valence electrons. The van der Waals surface area contributed by atoms with Gasteiger partial charge in [0.1, 0.15) is 5.82 Å². The van der Waals surface area contributed by atoms with E-state index in [1.54, 1.807) is 6.07 Å². The summed E-state index contributed by atoms with van der Waals surface area (Å²) in [5.74, 6) is -0.227. The lowest BCUT2D eigenvalue weighted by atomic mass is 9.89. The summed E-state index contributed by atoms with van der Waals surface area (Å²) < 4.78 is 13.1. The van der Waals surface area contributed by atoms with Gasteiger partial charge in [0.15, 0.2) is 0 Å². The minimum Gasteiger partial charge on any atom is -0.390 e. The molecule has 1 aromatic rings. The maximum atomic E-state index is 13.1. The van der Waals surface area contributed by atoms with Crippen LogP contribution in [0, 0.1) is 12.7 Å². The lowest BCUT2D eigenvalue weighted by Gasteiger charge is -2.24. The third-order valence-electron chi connectivity index (χ3n) is 3.20. The Labute approximate surface area is 104 Å². The van der Waals surface area contributed by atoms with E-state index >= 15 is 0 Å². The van der Waals surface area contributed by atoms with Crippen LogP contribution < -0.4 is 0 Å². The molecule has 0 aromatic heterocycles. The predicted octanol–water partition coefficient (Wildman–Crippen LogP) is 4.01. The van der Waals surface area contributed by atoms with Crippen LogP contribution in [0.4, 0.5) is 4.39 Å². The highest BCUT2D eigenvalue weighted by atomic mass is 19.1. The lowest BCUT2D eigenvalue weighted by Crippen LogP contribution is -2.27. The number of hydrogen-bond donors (Lipinski definition) is 1. The fraction of sp³-hybridized carbons (Fsp3) is 0.600. The second-order valence-electron chi connectivity index (χ2n) is 5.20. The number of benzene rings is 1. The van der Waals surface area contributed by atoms with Gasteiger partial charge in [-0.05, 0) is 43.5 Å². The van der Waals surface area contributed by atoms with E-state index in [-0.39, 0.29) is 5.82 Å². The molecule has 0 bridgehead atoms. The molecule has 0 aliphatic carbocycles. The summed E-state index contributed by atoms with van der Waals surface area (Å²) in [6.45, 7) is 5.94. The summed E-state index contributed by atoms with van der Waals surface area (Å²) in [5.41, 5.74) is 1.22. The molecule has 0 fully saturated rings. The first-order valence-corrected chi connectivity index (χ1v) is 6.42. The van der Waals surface area contributed by atoms with Crippen LogP contribution in [0.25, 0.3) is 0 Å². The monoisotopic (exact) mass is 238 g/mol. The quantitative estimate of drug-likeness (QED) is 0.742. The number of hydrogen-bond acceptors (Lipinski definition) is 1. The number of rotatable bonds is 6. The van der Waals surface area contributed by atoms with E-state index in [0.29, 0.717) is 6.42 Å². The Kier molecular flexibility index (Phi) is 5.13. The second kappa shape index (κ2) is 6.15. The van der Waals surface area contributed by atoms with Crippen molar-refractivity contribution < 1.29 is 9.50 Å². The molecule has 0 spiro atoms. The maximum Gasteiger partial charge on any atom is 0.123 e. The van der Waals surface area contributed by atoms with Crippen molar-refractivity contribution in [2.45, 2.75) is 58.5 Å². The molecule has 17 heavy (non-hydrogen) atoms. The van der Waals surface area contributed by atoms with Gasteiger partial charge in [-0.25, -0.2) is 4.39 Å². The molecule has 1 nitrogen and oxygen atoms in total. The molecule has 1 rings (SSSR count). The van der Waals surface area contributed by atoms with Crippen molar-refractivity contribution in [3.8, 4) is 0 Å². The van der Waals surface area contributed by atoms with E-state index in [2.05, 4.69) is 6.92 Å². The highest BCUT2D eigenvalue weighted by Gasteiger charge is 2.21. The van der Waals surface area contributed by atoms with Crippen LogP contribution in [0.3, 0.4) is 0 Å². The van der Waals surface area contributed by atoms with E-state index in [9.17, 15) is 9.50 Å². The minimum absolute atomic E-state index is 0.227. The van der Waals surface area contributed by atoms with Gasteiger partial charge in [0.25, 0.3) is 0 Å². The van der Waals surface area contributed by atoms with E-state index in [1.165, 1.54) is 12.1 Å². The van der Waals surface area contributed by atoms with Crippen molar-refractivity contribution in [3.05, 3.63) is 35.1 Å². The molecule has 0 radical (unpaired) electrons. The number of halogens is 1. The SMILES string of the molecule is CCCCCC(C)(O)Cc1cc(F)ccc1C. The highest BCUT2D eigenvalue weighted by Crippen LogP contribution is 2.22. The molecular weight excluding hydrogens is 215 g/mol. The number of aryl methyl sites for hydroxylation is 1. The second-order valence-corrected chi connectivity index (χ2v) is 5.20. The van der Waals surface area contributed by atoms with Gasteiger partial charge in [0, 0.05) is 6.42 Å². The van der Waals surface area contributed by atoms with Gasteiger partial charge in [-0.1, -0.05) is 32.3 Å². The van der Waals surface area contributed by atoms with Crippen LogP contribution in [0.5, 0.6) is 0 Å². The minimum atomic E-state index is -0.728. The average Bonchev–Trinajstić information content (AvgIpc) is 2.23. The maximum absolute atomic E-state index is 13.1. The van der Waals surface area contributed by atoms with Gasteiger partial charge in [0.05, 0.1) is 5.60 Å². The van der Waals surface area contributed by atoms with Crippen LogP contribution in [-0.2, 0) is 6.42 Å². The smallest absolute Gasteiger partial charge is 0.123 e. The number of aliphatic hydroxyl groups is 1. The Morgan fingerprint density at radius 1 is 1.29 bits per heavy atom. The first kappa shape index (κ1) is 14.2. The average molecular weight is 238 g/mol. The van der Waals surface area contributed by atoms with E-state index < -0.39 is 5.60 Å². The van der Waals surface area contributed by atoms with Crippen LogP contribution in [-0.4, -0.2) is 10.7 Å². The molecule has 0 saturated heterocycles. The lowest BCUT2D eigenvalue weighted by molar-refractivity contribution is 0.0484. The standard InChI is InChI=1S/C15H23FO/c1-4-5-6-9-15(3,17)11-13-10-14(16)8-7-12(13)2/h7-8,10,17H,4-6,9,11H2,1-3H3. The van der Waals surface area contributed by atoms with E-state index in [1.807, 2.05) is 13.8 Å². The summed E-state index contributed by atoms with van der Waals surface area (Å²) in [6.07, 6.45) is 4.61. The van der Waals surface area contributed by atoms with Gasteiger partial charge < -0.3 is 5.11 Å². The van der Waals surface area contributed by atoms with Gasteiger partial charge in [-0.15, -0.1) is 0 Å². The van der Waals surface area contributed by atoms with Crippen molar-refractivity contribution in [3.63, 3.8) is 0 Å². The molecular formula is C15H23FO. The van der Waals surface area contributed by atoms with E-state index in [4.69, 9.17) is 0 Å². The fourth-order valence-electron chi connectivity index (χ4n) is 2.09. The van der Waals surface area contributed by atoms with Crippen molar-refractivity contribution in [2.24, 2.45) is 0 Å². The van der Waals surface area contributed by atoms with Crippen LogP contribution >= 0.6 is 0 Å². The zero-order chi connectivity index (χ0) is 12.9. The normalized spacial score (nSPS) is 14.6. The summed E-state index contributed by atoms with van der Waals surface area (Å²) in [7, 11) is 0. The molecule has 0 heterocycles. The Morgan fingerprint density at radius 2 is 2.00 bits per heavy atom. The third-order valence-corrected chi connectivity index (χ3v) is 3.20. The fourth-order valence-corrected chi connectivity index (χ4v) is 2.09. The molecule has 0 amide bonds. The Bertz CT molecular complexity index is 358. The van der Waals surface area contributed by atoms with Crippen LogP contribution in [0.1, 0.15) is 50.7 Å². The molecule has 2 heteroatoms. The first-order chi connectivity index (χ1) is 7.94. The molecule has 0 aliphatic rings. The largest absolute Gasteiger partial charge is 0.390 e. The summed E-state index contributed by atoms with van der Waals surface area (Å²) in [4.78, 5) is 0. The third kappa shape index (κ3) is 4.86. The summed E-state index contributed by atoms with van der Waals surface area (Å²) in [6, 6.07) is 4.76. The zero-order valence-electron chi connectivity index (χ0n) is 11.1.